The molecule has 0 spiro atoms. The van der Waals surface area contributed by atoms with Gasteiger partial charge in [-0.2, -0.15) is 12.6 Å². The van der Waals surface area contributed by atoms with E-state index in [0.29, 0.717) is 0 Å². The van der Waals surface area contributed by atoms with E-state index in [1.165, 1.54) is 199 Å². The Bertz CT molecular complexity index is 423. The molecule has 1 atom stereocenters. The molecule has 0 aliphatic heterocycles. The van der Waals surface area contributed by atoms with E-state index < -0.39 is 0 Å². The lowest BCUT2D eigenvalue weighted by Gasteiger charge is -2.30. The molecule has 230 valence electrons. The first-order valence-corrected chi connectivity index (χ1v) is 18.7. The molecular weight excluding hydrogens is 476 g/mol. The summed E-state index contributed by atoms with van der Waals surface area (Å²) >= 11 is 5.00. The van der Waals surface area contributed by atoms with E-state index in [9.17, 15) is 0 Å². The number of thiol groups is 1. The Balaban J connectivity index is 3.50. The number of hydrogen-bond donors (Lipinski definition) is 1. The maximum absolute atomic E-state index is 5.00. The zero-order valence-electron chi connectivity index (χ0n) is 27.4. The van der Waals surface area contributed by atoms with Gasteiger partial charge in [0, 0.05) is 4.75 Å². The lowest BCUT2D eigenvalue weighted by Crippen LogP contribution is -2.24. The molecule has 0 aromatic rings. The third kappa shape index (κ3) is 29.3. The monoisotopic (exact) mass is 553 g/mol. The maximum Gasteiger partial charge on any atom is 0.0101 e. The van der Waals surface area contributed by atoms with Gasteiger partial charge in [-0.1, -0.05) is 214 Å². The van der Waals surface area contributed by atoms with Crippen LogP contribution in [0.2, 0.25) is 0 Å². The second-order valence-electron chi connectivity index (χ2n) is 13.5. The minimum atomic E-state index is 0.187. The molecule has 0 amide bonds. The van der Waals surface area contributed by atoms with Crippen LogP contribution in [0.3, 0.4) is 0 Å². The van der Waals surface area contributed by atoms with Crippen LogP contribution in [0.15, 0.2) is 0 Å². The first-order chi connectivity index (χ1) is 18.5. The minimum Gasteiger partial charge on any atom is -0.173 e. The van der Waals surface area contributed by atoms with Crippen LogP contribution in [-0.2, 0) is 0 Å². The van der Waals surface area contributed by atoms with E-state index in [-0.39, 0.29) is 4.75 Å². The van der Waals surface area contributed by atoms with Gasteiger partial charge in [0.25, 0.3) is 0 Å². The molecule has 0 saturated heterocycles. The molecule has 0 nitrogen and oxygen atoms in total. The van der Waals surface area contributed by atoms with Crippen molar-refractivity contribution in [2.24, 2.45) is 5.92 Å². The summed E-state index contributed by atoms with van der Waals surface area (Å²) in [5.41, 5.74) is 0. The highest BCUT2D eigenvalue weighted by molar-refractivity contribution is 7.81. The van der Waals surface area contributed by atoms with Crippen LogP contribution < -0.4 is 0 Å². The molecule has 0 bridgehead atoms. The molecule has 0 N–H and O–H groups in total. The second kappa shape index (κ2) is 30.3. The average molecular weight is 553 g/mol. The van der Waals surface area contributed by atoms with Gasteiger partial charge >= 0.3 is 0 Å². The Morgan fingerprint density at radius 3 is 0.711 bits per heavy atom. The van der Waals surface area contributed by atoms with Gasteiger partial charge in [0.15, 0.2) is 0 Å². The summed E-state index contributed by atoms with van der Waals surface area (Å²) in [6.07, 6.45) is 45.0. The highest BCUT2D eigenvalue weighted by Crippen LogP contribution is 2.33. The van der Waals surface area contributed by atoms with Crippen molar-refractivity contribution in [2.45, 2.75) is 231 Å². The molecule has 1 unspecified atom stereocenters. The van der Waals surface area contributed by atoms with Crippen molar-refractivity contribution < 1.29 is 0 Å². The zero-order valence-corrected chi connectivity index (χ0v) is 28.3. The summed E-state index contributed by atoms with van der Waals surface area (Å²) in [6.45, 7) is 9.33. The van der Waals surface area contributed by atoms with Crippen molar-refractivity contribution in [3.63, 3.8) is 0 Å². The van der Waals surface area contributed by atoms with Gasteiger partial charge in [-0.15, -0.1) is 0 Å². The van der Waals surface area contributed by atoms with Crippen LogP contribution in [0.25, 0.3) is 0 Å². The van der Waals surface area contributed by atoms with Gasteiger partial charge in [0.05, 0.1) is 0 Å². The van der Waals surface area contributed by atoms with Gasteiger partial charge in [-0.3, -0.25) is 0 Å². The van der Waals surface area contributed by atoms with Crippen LogP contribution in [0.4, 0.5) is 0 Å². The van der Waals surface area contributed by atoms with Gasteiger partial charge < -0.3 is 0 Å². The predicted molar refractivity (Wildman–Crippen MR) is 181 cm³/mol. The van der Waals surface area contributed by atoms with Crippen LogP contribution in [0.1, 0.15) is 227 Å². The Labute approximate surface area is 249 Å². The van der Waals surface area contributed by atoms with Crippen molar-refractivity contribution in [2.75, 3.05) is 0 Å². The SMILES string of the molecule is CCCCCCCCCCCCCCCCCCCC(CCCCCCCCCCCCCC)C(C)(C)S. The fraction of sp³-hybridized carbons (Fsp3) is 1.00. The van der Waals surface area contributed by atoms with E-state index in [1.807, 2.05) is 0 Å². The molecule has 0 heterocycles. The fourth-order valence-corrected chi connectivity index (χ4v) is 6.46. The van der Waals surface area contributed by atoms with E-state index in [2.05, 4.69) is 27.7 Å². The average Bonchev–Trinajstić information content (AvgIpc) is 2.89. The molecule has 0 rings (SSSR count). The highest BCUT2D eigenvalue weighted by atomic mass is 32.1. The minimum absolute atomic E-state index is 0.187. The summed E-state index contributed by atoms with van der Waals surface area (Å²) in [5, 5.41) is 0. The Morgan fingerprint density at radius 1 is 0.342 bits per heavy atom. The van der Waals surface area contributed by atoms with Crippen molar-refractivity contribution >= 4 is 12.6 Å². The summed E-state index contributed by atoms with van der Waals surface area (Å²) in [7, 11) is 0. The first-order valence-electron chi connectivity index (χ1n) is 18.2. The largest absolute Gasteiger partial charge is 0.173 e. The normalized spacial score (nSPS) is 12.9. The third-order valence-electron chi connectivity index (χ3n) is 9.06. The summed E-state index contributed by atoms with van der Waals surface area (Å²) in [5.74, 6) is 0.797. The lowest BCUT2D eigenvalue weighted by molar-refractivity contribution is 0.342. The quantitative estimate of drug-likeness (QED) is 0.0622. The summed E-state index contributed by atoms with van der Waals surface area (Å²) < 4.78 is 0.187. The molecule has 0 aromatic heterocycles. The van der Waals surface area contributed by atoms with Crippen molar-refractivity contribution in [3.8, 4) is 0 Å². The van der Waals surface area contributed by atoms with Crippen molar-refractivity contribution in [3.05, 3.63) is 0 Å². The number of hydrogen-bond acceptors (Lipinski definition) is 1. The first kappa shape index (κ1) is 38.4. The summed E-state index contributed by atoms with van der Waals surface area (Å²) in [4.78, 5) is 0. The van der Waals surface area contributed by atoms with E-state index >= 15 is 0 Å². The third-order valence-corrected chi connectivity index (χ3v) is 9.43. The zero-order chi connectivity index (χ0) is 28.0. The van der Waals surface area contributed by atoms with Gasteiger partial charge in [0.2, 0.25) is 0 Å². The predicted octanol–water partition coefficient (Wildman–Crippen LogP) is 14.4. The highest BCUT2D eigenvalue weighted by Gasteiger charge is 2.24. The Kier molecular flexibility index (Phi) is 30.6. The number of unbranched alkanes of at least 4 members (excludes halogenated alkanes) is 27. The molecule has 1 heteroatoms. The van der Waals surface area contributed by atoms with Crippen molar-refractivity contribution in [1.82, 2.24) is 0 Å². The van der Waals surface area contributed by atoms with Crippen LogP contribution >= 0.6 is 12.6 Å². The standard InChI is InChI=1S/C37H76S/c1-5-7-9-11-13-15-17-19-20-21-22-23-25-27-29-31-33-35-36(37(3,4)38)34-32-30-28-26-24-18-16-14-12-10-8-6-2/h36,38H,5-35H2,1-4H3. The van der Waals surface area contributed by atoms with Crippen molar-refractivity contribution in [1.29, 1.82) is 0 Å². The number of rotatable bonds is 32. The molecule has 0 saturated carbocycles. The summed E-state index contributed by atoms with van der Waals surface area (Å²) in [6, 6.07) is 0. The van der Waals surface area contributed by atoms with Gasteiger partial charge in [-0.05, 0) is 18.8 Å². The van der Waals surface area contributed by atoms with E-state index in [1.54, 1.807) is 0 Å². The second-order valence-corrected chi connectivity index (χ2v) is 14.6. The van der Waals surface area contributed by atoms with Gasteiger partial charge in [0.1, 0.15) is 0 Å². The molecule has 0 radical (unpaired) electrons. The molecule has 0 fully saturated rings. The van der Waals surface area contributed by atoms with Crippen LogP contribution in [0, 0.1) is 5.92 Å². The fourth-order valence-electron chi connectivity index (χ4n) is 6.20. The van der Waals surface area contributed by atoms with Crippen LogP contribution in [0.5, 0.6) is 0 Å². The molecular formula is C37H76S. The Hall–Kier alpha value is 0.350. The Morgan fingerprint density at radius 2 is 0.526 bits per heavy atom. The van der Waals surface area contributed by atoms with Gasteiger partial charge in [-0.25, -0.2) is 0 Å². The smallest absolute Gasteiger partial charge is 0.0101 e. The molecule has 38 heavy (non-hydrogen) atoms. The van der Waals surface area contributed by atoms with E-state index in [4.69, 9.17) is 12.6 Å². The molecule has 0 aliphatic carbocycles. The lowest BCUT2D eigenvalue weighted by atomic mass is 9.85. The van der Waals surface area contributed by atoms with E-state index in [0.717, 1.165) is 5.92 Å². The maximum atomic E-state index is 5.00. The van der Waals surface area contributed by atoms with Crippen LogP contribution in [-0.4, -0.2) is 4.75 Å². The topological polar surface area (TPSA) is 0 Å². The molecule has 0 aliphatic rings. The molecule has 0 aromatic carbocycles.